The predicted molar refractivity (Wildman–Crippen MR) is 144 cm³/mol. The van der Waals surface area contributed by atoms with E-state index in [2.05, 4.69) is 20.6 Å². The Morgan fingerprint density at radius 1 is 0.865 bits per heavy atom. The molecule has 0 saturated heterocycles. The molecule has 4 aromatic rings. The van der Waals surface area contributed by atoms with Crippen LogP contribution in [0, 0.1) is 0 Å². The van der Waals surface area contributed by atoms with Gasteiger partial charge in [0.1, 0.15) is 5.82 Å². The summed E-state index contributed by atoms with van der Waals surface area (Å²) in [6, 6.07) is 19.8. The first-order valence-corrected chi connectivity index (χ1v) is 12.4. The Balaban J connectivity index is 1.38. The van der Waals surface area contributed by atoms with E-state index in [1.54, 1.807) is 43.3 Å². The third kappa shape index (κ3) is 6.82. The van der Waals surface area contributed by atoms with E-state index in [1.807, 2.05) is 37.3 Å². The minimum absolute atomic E-state index is 0.0239. The number of aromatic amines is 1. The maximum Gasteiger partial charge on any atom is 0.338 e. The van der Waals surface area contributed by atoms with Crippen LogP contribution in [-0.2, 0) is 22.4 Å². The zero-order valence-corrected chi connectivity index (χ0v) is 21.0. The van der Waals surface area contributed by atoms with Crippen LogP contribution in [0.5, 0.6) is 0 Å². The molecule has 0 aliphatic heterocycles. The molecule has 190 valence electrons. The number of esters is 1. The van der Waals surface area contributed by atoms with Gasteiger partial charge in [0.05, 0.1) is 23.2 Å². The van der Waals surface area contributed by atoms with E-state index in [-0.39, 0.29) is 18.4 Å². The van der Waals surface area contributed by atoms with E-state index < -0.39 is 5.97 Å². The summed E-state index contributed by atoms with van der Waals surface area (Å²) in [4.78, 5) is 44.5. The van der Waals surface area contributed by atoms with Crippen molar-refractivity contribution in [3.63, 3.8) is 0 Å². The summed E-state index contributed by atoms with van der Waals surface area (Å²) in [6.45, 7) is 4.01. The highest BCUT2D eigenvalue weighted by atomic mass is 16.5. The second kappa shape index (κ2) is 12.0. The Labute approximate surface area is 215 Å². The average Bonchev–Trinajstić information content (AvgIpc) is 3.31. The zero-order valence-electron chi connectivity index (χ0n) is 21.0. The van der Waals surface area contributed by atoms with Crippen molar-refractivity contribution < 1.29 is 19.1 Å². The number of hydrogen-bond acceptors (Lipinski definition) is 5. The molecule has 1 aromatic heterocycles. The second-order valence-electron chi connectivity index (χ2n) is 8.67. The third-order valence-corrected chi connectivity index (χ3v) is 5.79. The first-order valence-electron chi connectivity index (χ1n) is 12.4. The van der Waals surface area contributed by atoms with Crippen molar-refractivity contribution in [2.24, 2.45) is 0 Å². The van der Waals surface area contributed by atoms with Crippen molar-refractivity contribution in [1.29, 1.82) is 0 Å². The van der Waals surface area contributed by atoms with E-state index in [9.17, 15) is 14.4 Å². The zero-order chi connectivity index (χ0) is 26.2. The molecule has 1 heterocycles. The largest absolute Gasteiger partial charge is 0.462 e. The van der Waals surface area contributed by atoms with Crippen LogP contribution < -0.4 is 10.6 Å². The van der Waals surface area contributed by atoms with Gasteiger partial charge in [0.15, 0.2) is 0 Å². The number of imidazole rings is 1. The van der Waals surface area contributed by atoms with Gasteiger partial charge in [0.25, 0.3) is 5.91 Å². The molecule has 2 amide bonds. The number of aromatic nitrogens is 2. The standard InChI is InChI=1S/C29H30N4O4/c1-3-6-27(34)30-22-13-9-19(10-14-22)11-16-26-32-24-15-12-20(18-25(24)33-26)28(35)31-23-8-5-7-21(17-23)29(36)37-4-2/h5,7-10,12-15,17-18H,3-4,6,11,16H2,1-2H3,(H,30,34)(H,31,35)(H,32,33). The molecule has 0 bridgehead atoms. The molecule has 8 nitrogen and oxygen atoms in total. The van der Waals surface area contributed by atoms with E-state index in [1.165, 1.54) is 0 Å². The lowest BCUT2D eigenvalue weighted by Gasteiger charge is -2.07. The number of H-pyrrole nitrogens is 1. The Morgan fingerprint density at radius 2 is 1.68 bits per heavy atom. The summed E-state index contributed by atoms with van der Waals surface area (Å²) in [5.74, 6) is 0.135. The van der Waals surface area contributed by atoms with Crippen molar-refractivity contribution in [2.45, 2.75) is 39.5 Å². The van der Waals surface area contributed by atoms with E-state index >= 15 is 0 Å². The SMILES string of the molecule is CCCC(=O)Nc1ccc(CCc2nc3ccc(C(=O)Nc4cccc(C(=O)OCC)c4)cc3[nH]2)cc1. The number of aryl methyl sites for hydroxylation is 2. The van der Waals surface area contributed by atoms with Gasteiger partial charge in [0, 0.05) is 29.8 Å². The monoisotopic (exact) mass is 498 g/mol. The summed E-state index contributed by atoms with van der Waals surface area (Å²) in [5.41, 5.74) is 4.86. The molecule has 8 heteroatoms. The summed E-state index contributed by atoms with van der Waals surface area (Å²) < 4.78 is 5.02. The lowest BCUT2D eigenvalue weighted by Crippen LogP contribution is -2.12. The van der Waals surface area contributed by atoms with Crippen LogP contribution in [0.25, 0.3) is 11.0 Å². The van der Waals surface area contributed by atoms with E-state index in [4.69, 9.17) is 4.74 Å². The summed E-state index contributed by atoms with van der Waals surface area (Å²) in [7, 11) is 0. The molecule has 0 fully saturated rings. The number of hydrogen-bond donors (Lipinski definition) is 3. The Bertz CT molecular complexity index is 1410. The average molecular weight is 499 g/mol. The van der Waals surface area contributed by atoms with Gasteiger partial charge >= 0.3 is 5.97 Å². The van der Waals surface area contributed by atoms with Crippen LogP contribution in [-0.4, -0.2) is 34.4 Å². The number of rotatable bonds is 10. The summed E-state index contributed by atoms with van der Waals surface area (Å²) >= 11 is 0. The van der Waals surface area contributed by atoms with Crippen molar-refractivity contribution >= 4 is 40.2 Å². The van der Waals surface area contributed by atoms with Gasteiger partial charge in [-0.15, -0.1) is 0 Å². The molecular weight excluding hydrogens is 468 g/mol. The number of ether oxygens (including phenoxy) is 1. The first kappa shape index (κ1) is 25.6. The second-order valence-corrected chi connectivity index (χ2v) is 8.67. The number of benzene rings is 3. The van der Waals surface area contributed by atoms with Gasteiger partial charge in [-0.2, -0.15) is 0 Å². The number of amides is 2. The highest BCUT2D eigenvalue weighted by Crippen LogP contribution is 2.18. The van der Waals surface area contributed by atoms with Crippen LogP contribution in [0.1, 0.15) is 58.8 Å². The van der Waals surface area contributed by atoms with Crippen LogP contribution in [0.4, 0.5) is 11.4 Å². The highest BCUT2D eigenvalue weighted by molar-refractivity contribution is 6.06. The first-order chi connectivity index (χ1) is 17.9. The Kier molecular flexibility index (Phi) is 8.30. The third-order valence-electron chi connectivity index (χ3n) is 5.79. The fourth-order valence-electron chi connectivity index (χ4n) is 3.93. The minimum atomic E-state index is -0.431. The number of nitrogens with one attached hydrogen (secondary N) is 3. The molecule has 3 aromatic carbocycles. The van der Waals surface area contributed by atoms with E-state index in [0.717, 1.165) is 41.0 Å². The molecular formula is C29H30N4O4. The van der Waals surface area contributed by atoms with Gasteiger partial charge in [-0.1, -0.05) is 25.1 Å². The van der Waals surface area contributed by atoms with Crippen LogP contribution in [0.15, 0.2) is 66.7 Å². The van der Waals surface area contributed by atoms with Gasteiger partial charge < -0.3 is 20.4 Å². The maximum atomic E-state index is 12.8. The molecule has 0 atom stereocenters. The number of anilines is 2. The molecule has 3 N–H and O–H groups in total. The molecule has 0 saturated carbocycles. The number of carbonyl (C=O) groups is 3. The summed E-state index contributed by atoms with van der Waals surface area (Å²) in [6.07, 6.45) is 2.82. The Hall–Kier alpha value is -4.46. The molecule has 4 rings (SSSR count). The van der Waals surface area contributed by atoms with Gasteiger partial charge in [-0.3, -0.25) is 9.59 Å². The number of carbonyl (C=O) groups excluding carboxylic acids is 3. The topological polar surface area (TPSA) is 113 Å². The van der Waals surface area contributed by atoms with Crippen LogP contribution >= 0.6 is 0 Å². The molecule has 0 radical (unpaired) electrons. The predicted octanol–water partition coefficient (Wildman–Crippen LogP) is 5.52. The molecule has 0 spiro atoms. The van der Waals surface area contributed by atoms with E-state index in [0.29, 0.717) is 29.7 Å². The summed E-state index contributed by atoms with van der Waals surface area (Å²) in [5, 5.41) is 5.72. The number of fused-ring (bicyclic) bond motifs is 1. The smallest absolute Gasteiger partial charge is 0.338 e. The normalized spacial score (nSPS) is 10.8. The number of nitrogens with zero attached hydrogens (tertiary/aromatic N) is 1. The lowest BCUT2D eigenvalue weighted by atomic mass is 10.1. The molecule has 37 heavy (non-hydrogen) atoms. The quantitative estimate of drug-likeness (QED) is 0.249. The minimum Gasteiger partial charge on any atom is -0.462 e. The fourth-order valence-corrected chi connectivity index (χ4v) is 3.93. The Morgan fingerprint density at radius 3 is 2.43 bits per heavy atom. The van der Waals surface area contributed by atoms with Crippen molar-refractivity contribution in [3.05, 3.63) is 89.2 Å². The lowest BCUT2D eigenvalue weighted by molar-refractivity contribution is -0.116. The van der Waals surface area contributed by atoms with Gasteiger partial charge in [-0.25, -0.2) is 9.78 Å². The molecule has 0 unspecified atom stereocenters. The highest BCUT2D eigenvalue weighted by Gasteiger charge is 2.12. The van der Waals surface area contributed by atoms with Gasteiger partial charge in [-0.05, 0) is 73.9 Å². The van der Waals surface area contributed by atoms with Crippen molar-refractivity contribution in [1.82, 2.24) is 9.97 Å². The maximum absolute atomic E-state index is 12.8. The molecule has 0 aliphatic carbocycles. The van der Waals surface area contributed by atoms with Gasteiger partial charge in [0.2, 0.25) is 5.91 Å². The fraction of sp³-hybridized carbons (Fsp3) is 0.241. The van der Waals surface area contributed by atoms with Crippen molar-refractivity contribution in [2.75, 3.05) is 17.2 Å². The molecule has 0 aliphatic rings. The van der Waals surface area contributed by atoms with Crippen LogP contribution in [0.2, 0.25) is 0 Å². The van der Waals surface area contributed by atoms with Crippen LogP contribution in [0.3, 0.4) is 0 Å². The van der Waals surface area contributed by atoms with Crippen molar-refractivity contribution in [3.8, 4) is 0 Å².